The molecule has 5 rings (SSSR count). The van der Waals surface area contributed by atoms with Crippen LogP contribution < -0.4 is 5.32 Å². The topological polar surface area (TPSA) is 88.0 Å². The molecule has 7 nitrogen and oxygen atoms in total. The Morgan fingerprint density at radius 2 is 1.87 bits per heavy atom. The molecule has 0 unspecified atom stereocenters. The molecule has 0 atom stereocenters. The van der Waals surface area contributed by atoms with Gasteiger partial charge < -0.3 is 0 Å². The number of nitrogens with zero attached hydrogens (tertiary/aromatic N) is 4. The van der Waals surface area contributed by atoms with Crippen LogP contribution in [0, 0.1) is 13.8 Å². The Morgan fingerprint density at radius 3 is 2.57 bits per heavy atom. The number of aromatic amines is 1. The van der Waals surface area contributed by atoms with Gasteiger partial charge in [-0.15, -0.1) is 11.3 Å². The molecular weight excluding hydrogens is 396 g/mol. The van der Waals surface area contributed by atoms with E-state index in [-0.39, 0.29) is 5.91 Å². The van der Waals surface area contributed by atoms with Crippen LogP contribution >= 0.6 is 11.3 Å². The number of pyridine rings is 1. The smallest absolute Gasteiger partial charge is 0.257 e. The highest BCUT2D eigenvalue weighted by Gasteiger charge is 2.12. The Morgan fingerprint density at radius 1 is 1.07 bits per heavy atom. The zero-order chi connectivity index (χ0) is 20.7. The summed E-state index contributed by atoms with van der Waals surface area (Å²) in [6.45, 7) is 3.90. The molecule has 0 spiro atoms. The van der Waals surface area contributed by atoms with Crippen LogP contribution in [0.15, 0.2) is 60.4 Å². The maximum absolute atomic E-state index is 12.5. The van der Waals surface area contributed by atoms with Gasteiger partial charge in [-0.3, -0.25) is 19.6 Å². The molecule has 0 aliphatic rings. The molecule has 0 aliphatic heterocycles. The molecule has 0 saturated carbocycles. The van der Waals surface area contributed by atoms with Gasteiger partial charge >= 0.3 is 0 Å². The minimum Gasteiger partial charge on any atom is -0.299 e. The first kappa shape index (κ1) is 18.3. The molecule has 30 heavy (non-hydrogen) atoms. The number of rotatable bonds is 4. The fourth-order valence-electron chi connectivity index (χ4n) is 3.37. The van der Waals surface area contributed by atoms with Gasteiger partial charge in [-0.05, 0) is 38.1 Å². The molecule has 0 radical (unpaired) electrons. The summed E-state index contributed by atoms with van der Waals surface area (Å²) in [5.41, 5.74) is 7.39. The first-order chi connectivity index (χ1) is 14.6. The van der Waals surface area contributed by atoms with Crippen molar-refractivity contribution in [1.29, 1.82) is 0 Å². The number of hydrogen-bond donors (Lipinski definition) is 2. The minimum atomic E-state index is -0.174. The quantitative estimate of drug-likeness (QED) is 0.445. The highest BCUT2D eigenvalue weighted by molar-refractivity contribution is 7.13. The van der Waals surface area contributed by atoms with Gasteiger partial charge in [-0.1, -0.05) is 12.1 Å². The van der Waals surface area contributed by atoms with Crippen molar-refractivity contribution < 1.29 is 4.79 Å². The van der Waals surface area contributed by atoms with E-state index in [1.807, 2.05) is 68.0 Å². The number of aromatic nitrogens is 5. The number of H-pyrrole nitrogens is 1. The first-order valence-electron chi connectivity index (χ1n) is 9.40. The molecule has 0 aliphatic carbocycles. The molecule has 1 aromatic carbocycles. The Balaban J connectivity index is 1.45. The predicted molar refractivity (Wildman–Crippen MR) is 118 cm³/mol. The molecule has 8 heteroatoms. The second-order valence-electron chi connectivity index (χ2n) is 7.02. The zero-order valence-corrected chi connectivity index (χ0v) is 17.2. The average Bonchev–Trinajstić information content (AvgIpc) is 3.47. The third-order valence-corrected chi connectivity index (χ3v) is 5.80. The van der Waals surface area contributed by atoms with Gasteiger partial charge in [0.15, 0.2) is 5.13 Å². The molecule has 2 N–H and O–H groups in total. The van der Waals surface area contributed by atoms with E-state index in [0.717, 1.165) is 39.4 Å². The van der Waals surface area contributed by atoms with Crippen LogP contribution in [0.1, 0.15) is 21.7 Å². The number of imidazole rings is 1. The van der Waals surface area contributed by atoms with Gasteiger partial charge in [0.2, 0.25) is 0 Å². The van der Waals surface area contributed by atoms with Gasteiger partial charge in [0.25, 0.3) is 5.91 Å². The number of amides is 1. The van der Waals surface area contributed by atoms with Crippen molar-refractivity contribution in [2.24, 2.45) is 0 Å². The number of anilines is 1. The molecule has 4 heterocycles. The molecule has 5 aromatic rings. The molecule has 0 fully saturated rings. The Labute approximate surface area is 176 Å². The van der Waals surface area contributed by atoms with Crippen molar-refractivity contribution >= 4 is 28.0 Å². The maximum Gasteiger partial charge on any atom is 0.257 e. The lowest BCUT2D eigenvalue weighted by Gasteiger charge is -2.07. The monoisotopic (exact) mass is 414 g/mol. The number of hydrogen-bond acceptors (Lipinski definition) is 5. The summed E-state index contributed by atoms with van der Waals surface area (Å²) in [6.07, 6.45) is 5.72. The summed E-state index contributed by atoms with van der Waals surface area (Å²) >= 11 is 1.41. The maximum atomic E-state index is 12.5. The Hall–Kier alpha value is -3.78. The second kappa shape index (κ2) is 7.23. The second-order valence-corrected chi connectivity index (χ2v) is 7.88. The molecular formula is C22H18N6OS. The number of benzene rings is 1. The van der Waals surface area contributed by atoms with Crippen LogP contribution in [0.4, 0.5) is 5.13 Å². The van der Waals surface area contributed by atoms with E-state index in [1.165, 1.54) is 11.3 Å². The van der Waals surface area contributed by atoms with E-state index >= 15 is 0 Å². The van der Waals surface area contributed by atoms with Gasteiger partial charge in [0.05, 0.1) is 23.8 Å². The van der Waals surface area contributed by atoms with Crippen LogP contribution in [0.25, 0.3) is 28.0 Å². The normalized spacial score (nSPS) is 11.1. The van der Waals surface area contributed by atoms with Crippen LogP contribution in [-0.4, -0.2) is 30.5 Å². The predicted octanol–water partition coefficient (Wildman–Crippen LogP) is 4.72. The lowest BCUT2D eigenvalue weighted by Crippen LogP contribution is -2.11. The van der Waals surface area contributed by atoms with Crippen LogP contribution in [0.3, 0.4) is 0 Å². The standard InChI is InChI=1S/C22H18N6OS/c1-13-12-30-22(25-13)26-21(29)16-5-3-15(4-6-16)19-10-23-20-8-7-17(11-28(19)20)18-9-24-27-14(18)2/h3-12H,1-2H3,(H,24,27)(H,25,26,29). The summed E-state index contributed by atoms with van der Waals surface area (Å²) < 4.78 is 2.05. The van der Waals surface area contributed by atoms with E-state index in [9.17, 15) is 4.79 Å². The third kappa shape index (κ3) is 3.27. The number of carbonyl (C=O) groups excluding carboxylic acids is 1. The largest absolute Gasteiger partial charge is 0.299 e. The lowest BCUT2D eigenvalue weighted by atomic mass is 10.1. The van der Waals surface area contributed by atoms with Crippen molar-refractivity contribution in [1.82, 2.24) is 24.6 Å². The fourth-order valence-corrected chi connectivity index (χ4v) is 4.05. The SMILES string of the molecule is Cc1csc(NC(=O)c2ccc(-c3cnc4ccc(-c5cn[nH]c5C)cn34)cc2)n1. The zero-order valence-electron chi connectivity index (χ0n) is 16.4. The summed E-state index contributed by atoms with van der Waals surface area (Å²) in [5, 5.41) is 12.4. The fraction of sp³-hybridized carbons (Fsp3) is 0.0909. The van der Waals surface area contributed by atoms with E-state index in [1.54, 1.807) is 0 Å². The number of aryl methyl sites for hydroxylation is 2. The van der Waals surface area contributed by atoms with Crippen molar-refractivity contribution in [3.8, 4) is 22.4 Å². The average molecular weight is 414 g/mol. The van der Waals surface area contributed by atoms with E-state index in [2.05, 4.69) is 36.1 Å². The van der Waals surface area contributed by atoms with E-state index in [0.29, 0.717) is 10.7 Å². The highest BCUT2D eigenvalue weighted by Crippen LogP contribution is 2.26. The van der Waals surface area contributed by atoms with Crippen molar-refractivity contribution in [3.05, 3.63) is 77.3 Å². The molecule has 0 saturated heterocycles. The molecule has 148 valence electrons. The van der Waals surface area contributed by atoms with E-state index in [4.69, 9.17) is 0 Å². The first-order valence-corrected chi connectivity index (χ1v) is 10.3. The van der Waals surface area contributed by atoms with Gasteiger partial charge in [-0.2, -0.15) is 5.10 Å². The van der Waals surface area contributed by atoms with Gasteiger partial charge in [0, 0.05) is 39.5 Å². The molecule has 0 bridgehead atoms. The van der Waals surface area contributed by atoms with Gasteiger partial charge in [-0.25, -0.2) is 9.97 Å². The summed E-state index contributed by atoms with van der Waals surface area (Å²) in [5.74, 6) is -0.174. The summed E-state index contributed by atoms with van der Waals surface area (Å²) in [7, 11) is 0. The van der Waals surface area contributed by atoms with Crippen molar-refractivity contribution in [2.45, 2.75) is 13.8 Å². The number of carbonyl (C=O) groups is 1. The molecule has 1 amide bonds. The Bertz CT molecular complexity index is 1360. The third-order valence-electron chi connectivity index (χ3n) is 4.93. The van der Waals surface area contributed by atoms with Crippen LogP contribution in [0.2, 0.25) is 0 Å². The molecule has 4 aromatic heterocycles. The van der Waals surface area contributed by atoms with Crippen LogP contribution in [-0.2, 0) is 0 Å². The van der Waals surface area contributed by atoms with Crippen molar-refractivity contribution in [3.63, 3.8) is 0 Å². The summed E-state index contributed by atoms with van der Waals surface area (Å²) in [4.78, 5) is 21.3. The minimum absolute atomic E-state index is 0.174. The Kier molecular flexibility index (Phi) is 4.40. The number of fused-ring (bicyclic) bond motifs is 1. The summed E-state index contributed by atoms with van der Waals surface area (Å²) in [6, 6.07) is 11.5. The van der Waals surface area contributed by atoms with E-state index < -0.39 is 0 Å². The van der Waals surface area contributed by atoms with Crippen LogP contribution in [0.5, 0.6) is 0 Å². The number of nitrogens with one attached hydrogen (secondary N) is 2. The van der Waals surface area contributed by atoms with Crippen molar-refractivity contribution in [2.75, 3.05) is 5.32 Å². The number of thiazole rings is 1. The van der Waals surface area contributed by atoms with Gasteiger partial charge in [0.1, 0.15) is 5.65 Å². The lowest BCUT2D eigenvalue weighted by molar-refractivity contribution is 0.102. The highest BCUT2D eigenvalue weighted by atomic mass is 32.1.